The Bertz CT molecular complexity index is 1190. The van der Waals surface area contributed by atoms with Crippen molar-refractivity contribution in [3.8, 4) is 0 Å². The van der Waals surface area contributed by atoms with Crippen LogP contribution >= 0.6 is 0 Å². The number of amides is 1. The number of hydrogen-bond acceptors (Lipinski definition) is 4. The summed E-state index contributed by atoms with van der Waals surface area (Å²) in [6.07, 6.45) is 15.7. The molecule has 0 spiro atoms. The van der Waals surface area contributed by atoms with Crippen molar-refractivity contribution in [2.75, 3.05) is 18.4 Å². The van der Waals surface area contributed by atoms with Crippen molar-refractivity contribution >= 4 is 17.3 Å². The summed E-state index contributed by atoms with van der Waals surface area (Å²) in [5.74, 6) is -0.0183. The Morgan fingerprint density at radius 1 is 1.05 bits per heavy atom. The first-order valence-corrected chi connectivity index (χ1v) is 14.2. The van der Waals surface area contributed by atoms with Gasteiger partial charge in [0, 0.05) is 36.2 Å². The third kappa shape index (κ3) is 10.5. The molecular formula is C34H46N4O. The summed E-state index contributed by atoms with van der Waals surface area (Å²) in [6.45, 7) is 18.0. The maximum absolute atomic E-state index is 12.8. The molecule has 0 bridgehead atoms. The molecule has 5 nitrogen and oxygen atoms in total. The van der Waals surface area contributed by atoms with Crippen LogP contribution in [-0.2, 0) is 6.42 Å². The van der Waals surface area contributed by atoms with Gasteiger partial charge in [-0.2, -0.15) is 0 Å². The third-order valence-electron chi connectivity index (χ3n) is 6.05. The first-order valence-electron chi connectivity index (χ1n) is 14.2. The molecule has 0 fully saturated rings. The van der Waals surface area contributed by atoms with Crippen molar-refractivity contribution in [1.82, 2.24) is 15.2 Å². The highest BCUT2D eigenvalue weighted by Crippen LogP contribution is 2.21. The van der Waals surface area contributed by atoms with Gasteiger partial charge in [0.05, 0.1) is 0 Å². The molecule has 0 saturated carbocycles. The number of nitrogens with one attached hydrogen (secondary N) is 2. The molecule has 1 amide bonds. The fourth-order valence-electron chi connectivity index (χ4n) is 4.31. The second kappa shape index (κ2) is 16.2. The van der Waals surface area contributed by atoms with E-state index in [0.717, 1.165) is 55.7 Å². The number of benzene rings is 1. The lowest BCUT2D eigenvalue weighted by molar-refractivity contribution is 0.0749. The molecule has 2 aromatic rings. The minimum atomic E-state index is -0.452. The second-order valence-corrected chi connectivity index (χ2v) is 9.88. The van der Waals surface area contributed by atoms with E-state index in [1.54, 1.807) is 12.3 Å². The van der Waals surface area contributed by atoms with Crippen LogP contribution in [0.4, 0.5) is 5.69 Å². The highest BCUT2D eigenvalue weighted by Gasteiger charge is 2.20. The van der Waals surface area contributed by atoms with Crippen LogP contribution in [0.1, 0.15) is 82.4 Å². The van der Waals surface area contributed by atoms with Gasteiger partial charge in [0.2, 0.25) is 0 Å². The highest BCUT2D eigenvalue weighted by atomic mass is 16.2. The maximum Gasteiger partial charge on any atom is 0.272 e. The SMILES string of the molecule is C=C(NC(C)(C)Nc1cccc(CCC2=CC=C=CC=C2)c1)c1ccc(C(=O)N(CCC)CCC)nc1.CC. The van der Waals surface area contributed by atoms with E-state index in [9.17, 15) is 4.79 Å². The van der Waals surface area contributed by atoms with E-state index in [0.29, 0.717) is 5.69 Å². The molecule has 0 radical (unpaired) electrons. The summed E-state index contributed by atoms with van der Waals surface area (Å²) in [5.41, 5.74) is 8.33. The molecular weight excluding hydrogens is 480 g/mol. The number of hydrogen-bond donors (Lipinski definition) is 2. The number of aromatic nitrogens is 1. The Labute approximate surface area is 236 Å². The van der Waals surface area contributed by atoms with Gasteiger partial charge in [-0.15, -0.1) is 5.73 Å². The number of allylic oxidation sites excluding steroid dienone is 5. The van der Waals surface area contributed by atoms with Crippen molar-refractivity contribution in [1.29, 1.82) is 0 Å². The molecule has 39 heavy (non-hydrogen) atoms. The Kier molecular flexibility index (Phi) is 13.1. The van der Waals surface area contributed by atoms with Crippen molar-refractivity contribution < 1.29 is 4.79 Å². The quantitative estimate of drug-likeness (QED) is 0.206. The van der Waals surface area contributed by atoms with Crippen LogP contribution in [-0.4, -0.2) is 34.5 Å². The number of carbonyl (C=O) groups excluding carboxylic acids is 1. The molecule has 3 rings (SSSR count). The number of carbonyl (C=O) groups is 1. The van der Waals surface area contributed by atoms with Crippen LogP contribution in [0.2, 0.25) is 0 Å². The summed E-state index contributed by atoms with van der Waals surface area (Å²) < 4.78 is 0. The van der Waals surface area contributed by atoms with Crippen LogP contribution in [0.5, 0.6) is 0 Å². The maximum atomic E-state index is 12.8. The van der Waals surface area contributed by atoms with E-state index in [-0.39, 0.29) is 5.91 Å². The molecule has 0 aliphatic heterocycles. The van der Waals surface area contributed by atoms with E-state index >= 15 is 0 Å². The lowest BCUT2D eigenvalue weighted by Crippen LogP contribution is -2.45. The van der Waals surface area contributed by atoms with E-state index in [4.69, 9.17) is 0 Å². The number of rotatable bonds is 13. The molecule has 1 aromatic heterocycles. The number of nitrogens with zero attached hydrogens (tertiary/aromatic N) is 2. The normalized spacial score (nSPS) is 12.1. The highest BCUT2D eigenvalue weighted by molar-refractivity contribution is 5.92. The van der Waals surface area contributed by atoms with Gasteiger partial charge in [-0.3, -0.25) is 9.78 Å². The summed E-state index contributed by atoms with van der Waals surface area (Å²) in [4.78, 5) is 19.1. The fourth-order valence-corrected chi connectivity index (χ4v) is 4.31. The van der Waals surface area contributed by atoms with E-state index in [1.165, 1.54) is 11.1 Å². The van der Waals surface area contributed by atoms with E-state index in [2.05, 4.69) is 92.0 Å². The molecule has 2 N–H and O–H groups in total. The van der Waals surface area contributed by atoms with Gasteiger partial charge >= 0.3 is 0 Å². The summed E-state index contributed by atoms with van der Waals surface area (Å²) in [7, 11) is 0. The molecule has 1 aliphatic carbocycles. The van der Waals surface area contributed by atoms with Crippen LogP contribution in [0.15, 0.2) is 90.9 Å². The second-order valence-electron chi connectivity index (χ2n) is 9.88. The van der Waals surface area contributed by atoms with E-state index in [1.807, 2.05) is 43.0 Å². The van der Waals surface area contributed by atoms with Crippen LogP contribution < -0.4 is 10.6 Å². The summed E-state index contributed by atoms with van der Waals surface area (Å²) in [6, 6.07) is 12.2. The van der Waals surface area contributed by atoms with Crippen LogP contribution in [0.25, 0.3) is 5.70 Å². The zero-order valence-electron chi connectivity index (χ0n) is 24.7. The minimum Gasteiger partial charge on any atom is -0.363 e. The molecule has 0 atom stereocenters. The lowest BCUT2D eigenvalue weighted by Gasteiger charge is -2.31. The average molecular weight is 527 g/mol. The summed E-state index contributed by atoms with van der Waals surface area (Å²) in [5, 5.41) is 7.05. The Morgan fingerprint density at radius 3 is 2.46 bits per heavy atom. The van der Waals surface area contributed by atoms with Gasteiger partial charge in [-0.05, 0) is 87.1 Å². The van der Waals surface area contributed by atoms with Crippen molar-refractivity contribution in [2.24, 2.45) is 0 Å². The average Bonchev–Trinajstić information content (AvgIpc) is 3.21. The Balaban J connectivity index is 0.00000260. The first-order chi connectivity index (χ1) is 18.8. The number of pyridine rings is 1. The molecule has 1 heterocycles. The van der Waals surface area contributed by atoms with Crippen molar-refractivity contribution in [2.45, 2.75) is 72.9 Å². The fraction of sp³-hybridized carbons (Fsp3) is 0.382. The monoisotopic (exact) mass is 526 g/mol. The Morgan fingerprint density at radius 2 is 1.79 bits per heavy atom. The molecule has 0 unspecified atom stereocenters. The van der Waals surface area contributed by atoms with Crippen molar-refractivity contribution in [3.05, 3.63) is 108 Å². The predicted molar refractivity (Wildman–Crippen MR) is 167 cm³/mol. The van der Waals surface area contributed by atoms with Gasteiger partial charge in [0.25, 0.3) is 5.91 Å². The largest absolute Gasteiger partial charge is 0.363 e. The standard InChI is InChI=1S/C32H40N4O.C2H6/c1-6-21-36(22-7-2)31(37)30-20-19-28(24-33-30)25(3)34-32(4,5)35-29-16-12-15-27(23-29)18-17-26-13-10-8-9-11-14-26;1-2/h8,10-16,19-20,23-24,34-35H,3,6-7,17-18,21-22H2,1-2,4-5H3;1-2H3. The number of aryl methyl sites for hydroxylation is 1. The molecule has 1 aliphatic rings. The predicted octanol–water partition coefficient (Wildman–Crippen LogP) is 7.92. The third-order valence-corrected chi connectivity index (χ3v) is 6.05. The topological polar surface area (TPSA) is 57.3 Å². The summed E-state index contributed by atoms with van der Waals surface area (Å²) >= 11 is 0. The number of anilines is 1. The smallest absolute Gasteiger partial charge is 0.272 e. The molecule has 1 aromatic carbocycles. The molecule has 0 saturated heterocycles. The van der Waals surface area contributed by atoms with Crippen LogP contribution in [0, 0.1) is 0 Å². The van der Waals surface area contributed by atoms with Gasteiger partial charge in [0.1, 0.15) is 11.4 Å². The molecule has 208 valence electrons. The zero-order chi connectivity index (χ0) is 28.7. The first kappa shape index (κ1) is 31.4. The van der Waals surface area contributed by atoms with Gasteiger partial charge < -0.3 is 15.5 Å². The molecule has 5 heteroatoms. The zero-order valence-corrected chi connectivity index (χ0v) is 24.7. The Hall–Kier alpha value is -3.82. The van der Waals surface area contributed by atoms with Gasteiger partial charge in [0.15, 0.2) is 0 Å². The van der Waals surface area contributed by atoms with Crippen LogP contribution in [0.3, 0.4) is 0 Å². The minimum absolute atomic E-state index is 0.0183. The van der Waals surface area contributed by atoms with E-state index < -0.39 is 5.66 Å². The van der Waals surface area contributed by atoms with Gasteiger partial charge in [-0.25, -0.2) is 0 Å². The van der Waals surface area contributed by atoms with Crippen molar-refractivity contribution in [3.63, 3.8) is 0 Å². The lowest BCUT2D eigenvalue weighted by atomic mass is 10.0. The van der Waals surface area contributed by atoms with Gasteiger partial charge in [-0.1, -0.05) is 64.6 Å².